The highest BCUT2D eigenvalue weighted by atomic mass is 32.1. The minimum Gasteiger partial charge on any atom is -0.312 e. The van der Waals surface area contributed by atoms with E-state index < -0.39 is 0 Å². The van der Waals surface area contributed by atoms with E-state index in [-0.39, 0.29) is 12.3 Å². The molecule has 0 amide bonds. The van der Waals surface area contributed by atoms with Crippen molar-refractivity contribution in [2.24, 2.45) is 11.5 Å². The van der Waals surface area contributed by atoms with Crippen molar-refractivity contribution >= 4 is 31.5 Å². The lowest BCUT2D eigenvalue weighted by Crippen LogP contribution is -2.36. The van der Waals surface area contributed by atoms with Gasteiger partial charge in [-0.2, -0.15) is 0 Å². The number of fused-ring (bicyclic) bond motifs is 3. The summed E-state index contributed by atoms with van der Waals surface area (Å²) in [7, 11) is 0. The Labute approximate surface area is 144 Å². The lowest BCUT2D eigenvalue weighted by atomic mass is 10.1. The first-order chi connectivity index (χ1) is 11.7. The zero-order valence-corrected chi connectivity index (χ0v) is 14.0. The Balaban J connectivity index is 1.70. The van der Waals surface area contributed by atoms with Gasteiger partial charge in [-0.1, -0.05) is 66.7 Å². The number of hydrogen-bond donors (Lipinski definition) is 3. The fourth-order valence-electron chi connectivity index (χ4n) is 3.05. The molecule has 24 heavy (non-hydrogen) atoms. The van der Waals surface area contributed by atoms with E-state index in [1.54, 1.807) is 11.3 Å². The summed E-state index contributed by atoms with van der Waals surface area (Å²) in [5, 5.41) is 5.84. The second-order valence-corrected chi connectivity index (χ2v) is 6.91. The van der Waals surface area contributed by atoms with Gasteiger partial charge in [-0.05, 0) is 11.6 Å². The molecule has 120 valence electrons. The maximum atomic E-state index is 6.44. The molecular weight excluding hydrogens is 314 g/mol. The van der Waals surface area contributed by atoms with Crippen LogP contribution in [0.25, 0.3) is 20.2 Å². The standard InChI is InChI=1S/C20H19N3S/c21-19(13-7-2-1-3-8-13)23-20(22)16-11-6-10-15-14-9-4-5-12-17(14)24-18(15)16/h1-12,19-20,23H,21-22H2. The second-order valence-electron chi connectivity index (χ2n) is 5.85. The fourth-order valence-corrected chi connectivity index (χ4v) is 4.31. The molecule has 4 aromatic rings. The van der Waals surface area contributed by atoms with Crippen LogP contribution in [0.3, 0.4) is 0 Å². The number of nitrogens with one attached hydrogen (secondary N) is 1. The molecule has 0 aliphatic heterocycles. The lowest BCUT2D eigenvalue weighted by molar-refractivity contribution is 0.466. The summed E-state index contributed by atoms with van der Waals surface area (Å²) in [6.45, 7) is 0. The number of rotatable bonds is 4. The monoisotopic (exact) mass is 333 g/mol. The number of thiophene rings is 1. The van der Waals surface area contributed by atoms with E-state index in [0.29, 0.717) is 0 Å². The van der Waals surface area contributed by atoms with E-state index in [2.05, 4.69) is 47.8 Å². The summed E-state index contributed by atoms with van der Waals surface area (Å²) < 4.78 is 2.50. The Morgan fingerprint density at radius 2 is 1.42 bits per heavy atom. The third kappa shape index (κ3) is 2.70. The van der Waals surface area contributed by atoms with Crippen LogP contribution >= 0.6 is 11.3 Å². The summed E-state index contributed by atoms with van der Waals surface area (Å²) >= 11 is 1.78. The fraction of sp³-hybridized carbons (Fsp3) is 0.100. The molecule has 0 aliphatic rings. The molecule has 3 nitrogen and oxygen atoms in total. The van der Waals surface area contributed by atoms with Crippen molar-refractivity contribution < 1.29 is 0 Å². The van der Waals surface area contributed by atoms with Gasteiger partial charge in [-0.25, -0.2) is 0 Å². The maximum Gasteiger partial charge on any atom is 0.0838 e. The third-order valence-electron chi connectivity index (χ3n) is 4.29. The smallest absolute Gasteiger partial charge is 0.0838 e. The lowest BCUT2D eigenvalue weighted by Gasteiger charge is -2.21. The molecule has 0 saturated carbocycles. The number of nitrogens with two attached hydrogens (primary N) is 2. The zero-order valence-electron chi connectivity index (χ0n) is 13.1. The molecular formula is C20H19N3S. The minimum absolute atomic E-state index is 0.300. The van der Waals surface area contributed by atoms with Crippen LogP contribution < -0.4 is 16.8 Å². The van der Waals surface area contributed by atoms with Crippen LogP contribution in [0.5, 0.6) is 0 Å². The molecule has 0 spiro atoms. The van der Waals surface area contributed by atoms with Gasteiger partial charge in [0.2, 0.25) is 0 Å². The Kier molecular flexibility index (Phi) is 4.04. The first kappa shape index (κ1) is 15.3. The van der Waals surface area contributed by atoms with Crippen LogP contribution in [0.15, 0.2) is 72.8 Å². The second kappa shape index (κ2) is 6.34. The van der Waals surface area contributed by atoms with Gasteiger partial charge < -0.3 is 11.5 Å². The molecule has 4 heteroatoms. The van der Waals surface area contributed by atoms with Crippen molar-refractivity contribution in [3.8, 4) is 0 Å². The van der Waals surface area contributed by atoms with Crippen LogP contribution in [0.1, 0.15) is 23.5 Å². The molecule has 0 saturated heterocycles. The molecule has 3 aromatic carbocycles. The minimum atomic E-state index is -0.322. The third-order valence-corrected chi connectivity index (χ3v) is 5.52. The quantitative estimate of drug-likeness (QED) is 0.489. The summed E-state index contributed by atoms with van der Waals surface area (Å²) in [6, 6.07) is 24.7. The predicted octanol–water partition coefficient (Wildman–Crippen LogP) is 4.26. The van der Waals surface area contributed by atoms with Gasteiger partial charge in [0.15, 0.2) is 0 Å². The Morgan fingerprint density at radius 3 is 2.25 bits per heavy atom. The topological polar surface area (TPSA) is 64.1 Å². The molecule has 1 aromatic heterocycles. The summed E-state index contributed by atoms with van der Waals surface area (Å²) in [5.41, 5.74) is 14.8. The summed E-state index contributed by atoms with van der Waals surface area (Å²) in [6.07, 6.45) is -0.622. The van der Waals surface area contributed by atoms with E-state index in [1.807, 2.05) is 30.3 Å². The average Bonchev–Trinajstić information content (AvgIpc) is 3.01. The molecule has 0 bridgehead atoms. The number of hydrogen-bond acceptors (Lipinski definition) is 4. The molecule has 0 radical (unpaired) electrons. The van der Waals surface area contributed by atoms with Crippen LogP contribution in [-0.2, 0) is 0 Å². The van der Waals surface area contributed by atoms with Gasteiger partial charge in [-0.15, -0.1) is 11.3 Å². The predicted molar refractivity (Wildman–Crippen MR) is 103 cm³/mol. The number of benzene rings is 3. The molecule has 0 fully saturated rings. The van der Waals surface area contributed by atoms with E-state index in [9.17, 15) is 0 Å². The highest BCUT2D eigenvalue weighted by molar-refractivity contribution is 7.26. The van der Waals surface area contributed by atoms with Crippen LogP contribution in [-0.4, -0.2) is 0 Å². The molecule has 5 N–H and O–H groups in total. The van der Waals surface area contributed by atoms with Gasteiger partial charge in [0.05, 0.1) is 12.3 Å². The zero-order chi connectivity index (χ0) is 16.5. The molecule has 2 unspecified atom stereocenters. The van der Waals surface area contributed by atoms with E-state index >= 15 is 0 Å². The van der Waals surface area contributed by atoms with Crippen molar-refractivity contribution in [3.63, 3.8) is 0 Å². The van der Waals surface area contributed by atoms with Crippen LogP contribution in [0, 0.1) is 0 Å². The van der Waals surface area contributed by atoms with Gasteiger partial charge in [0.1, 0.15) is 0 Å². The van der Waals surface area contributed by atoms with Gasteiger partial charge in [0.25, 0.3) is 0 Å². The molecule has 0 aliphatic carbocycles. The average molecular weight is 333 g/mol. The SMILES string of the molecule is NC(NC(N)c1cccc2c1sc1ccccc12)c1ccccc1. The summed E-state index contributed by atoms with van der Waals surface area (Å²) in [4.78, 5) is 0. The summed E-state index contributed by atoms with van der Waals surface area (Å²) in [5.74, 6) is 0. The van der Waals surface area contributed by atoms with Crippen LogP contribution in [0.4, 0.5) is 0 Å². The van der Waals surface area contributed by atoms with Crippen molar-refractivity contribution in [1.29, 1.82) is 0 Å². The van der Waals surface area contributed by atoms with Crippen LogP contribution in [0.2, 0.25) is 0 Å². The first-order valence-electron chi connectivity index (χ1n) is 7.96. The highest BCUT2D eigenvalue weighted by Crippen LogP contribution is 2.37. The van der Waals surface area contributed by atoms with Crippen molar-refractivity contribution in [3.05, 3.63) is 83.9 Å². The van der Waals surface area contributed by atoms with Crippen molar-refractivity contribution in [1.82, 2.24) is 5.32 Å². The molecule has 4 rings (SSSR count). The van der Waals surface area contributed by atoms with E-state index in [4.69, 9.17) is 11.5 Å². The first-order valence-corrected chi connectivity index (χ1v) is 8.78. The Hall–Kier alpha value is -2.24. The normalized spacial score (nSPS) is 14.1. The largest absolute Gasteiger partial charge is 0.312 e. The van der Waals surface area contributed by atoms with Gasteiger partial charge in [0, 0.05) is 25.7 Å². The van der Waals surface area contributed by atoms with Crippen molar-refractivity contribution in [2.75, 3.05) is 0 Å². The Morgan fingerprint density at radius 1 is 0.708 bits per heavy atom. The van der Waals surface area contributed by atoms with E-state index in [1.165, 1.54) is 20.2 Å². The maximum absolute atomic E-state index is 6.44. The van der Waals surface area contributed by atoms with Gasteiger partial charge in [-0.3, -0.25) is 5.32 Å². The molecule has 2 atom stereocenters. The van der Waals surface area contributed by atoms with Gasteiger partial charge >= 0.3 is 0 Å². The molecule has 1 heterocycles. The van der Waals surface area contributed by atoms with Crippen molar-refractivity contribution in [2.45, 2.75) is 12.3 Å². The van der Waals surface area contributed by atoms with E-state index in [0.717, 1.165) is 11.1 Å². The highest BCUT2D eigenvalue weighted by Gasteiger charge is 2.16. The Bertz CT molecular complexity index is 978.